The molecule has 0 bridgehead atoms. The lowest BCUT2D eigenvalue weighted by molar-refractivity contribution is 0.425. The van der Waals surface area contributed by atoms with Crippen molar-refractivity contribution in [2.24, 2.45) is 11.8 Å². The molecule has 2 heterocycles. The third-order valence-corrected chi connectivity index (χ3v) is 5.99. The molecule has 0 aromatic carbocycles. The smallest absolute Gasteiger partial charge is 0.278 e. The van der Waals surface area contributed by atoms with Crippen LogP contribution in [0.15, 0.2) is 64.8 Å². The monoisotopic (exact) mass is 402 g/mol. The van der Waals surface area contributed by atoms with Crippen LogP contribution in [-0.4, -0.2) is 19.9 Å². The number of hydrogen-bond donors (Lipinski definition) is 0. The maximum atomic E-state index is 5.60. The molecule has 0 radical (unpaired) electrons. The van der Waals surface area contributed by atoms with Crippen molar-refractivity contribution in [2.75, 3.05) is 0 Å². The molecule has 0 saturated carbocycles. The van der Waals surface area contributed by atoms with Gasteiger partial charge in [-0.15, -0.1) is 6.58 Å². The highest BCUT2D eigenvalue weighted by Gasteiger charge is 2.24. The van der Waals surface area contributed by atoms with E-state index in [0.29, 0.717) is 23.6 Å². The van der Waals surface area contributed by atoms with E-state index in [9.17, 15) is 0 Å². The van der Waals surface area contributed by atoms with Crippen LogP contribution in [0.5, 0.6) is 0 Å². The second-order valence-electron chi connectivity index (χ2n) is 8.20. The fraction of sp³-hybridized carbons (Fsp3) is 0.400. The summed E-state index contributed by atoms with van der Waals surface area (Å²) < 4.78 is 7.62. The van der Waals surface area contributed by atoms with E-state index >= 15 is 0 Å². The molecule has 2 aliphatic carbocycles. The summed E-state index contributed by atoms with van der Waals surface area (Å²) in [6.07, 6.45) is 17.2. The summed E-state index contributed by atoms with van der Waals surface area (Å²) in [5.74, 6) is 1.99. The highest BCUT2D eigenvalue weighted by Crippen LogP contribution is 2.35. The minimum atomic E-state index is 0.410. The molecule has 30 heavy (non-hydrogen) atoms. The van der Waals surface area contributed by atoms with Gasteiger partial charge in [0.1, 0.15) is 0 Å². The van der Waals surface area contributed by atoms with Crippen molar-refractivity contribution in [1.29, 1.82) is 0 Å². The molecular formula is C25H30N4O. The van der Waals surface area contributed by atoms with E-state index in [1.165, 1.54) is 16.8 Å². The Morgan fingerprint density at radius 3 is 2.90 bits per heavy atom. The minimum absolute atomic E-state index is 0.410. The van der Waals surface area contributed by atoms with Gasteiger partial charge >= 0.3 is 0 Å². The van der Waals surface area contributed by atoms with E-state index in [1.54, 1.807) is 0 Å². The Morgan fingerprint density at radius 1 is 1.33 bits per heavy atom. The van der Waals surface area contributed by atoms with Crippen molar-refractivity contribution in [3.05, 3.63) is 71.8 Å². The van der Waals surface area contributed by atoms with Gasteiger partial charge in [0, 0.05) is 24.2 Å². The molecule has 0 N–H and O–H groups in total. The summed E-state index contributed by atoms with van der Waals surface area (Å²) in [5.41, 5.74) is 5.59. The molecule has 0 amide bonds. The second-order valence-corrected chi connectivity index (χ2v) is 8.20. The molecule has 2 atom stereocenters. The van der Waals surface area contributed by atoms with Gasteiger partial charge in [-0.2, -0.15) is 10.1 Å². The first-order valence-corrected chi connectivity index (χ1v) is 10.9. The zero-order valence-corrected chi connectivity index (χ0v) is 18.1. The van der Waals surface area contributed by atoms with E-state index < -0.39 is 0 Å². The fourth-order valence-electron chi connectivity index (χ4n) is 4.36. The lowest BCUT2D eigenvalue weighted by atomic mass is 9.79. The number of hydrogen-bond acceptors (Lipinski definition) is 4. The first-order valence-electron chi connectivity index (χ1n) is 10.9. The van der Waals surface area contributed by atoms with Gasteiger partial charge in [-0.05, 0) is 56.6 Å². The van der Waals surface area contributed by atoms with Crippen molar-refractivity contribution in [1.82, 2.24) is 19.9 Å². The standard InChI is InChI=1S/C25H30N4O/c1-5-10-22-17(3)13-20(14-18(22)4)24-26-25(30-28-24)23-16-21(29(6-2)27-23)15-19-11-8-7-9-12-19/h5,8,11-14,16-17,22H,1,6-7,9-10,15H2,2-4H3. The zero-order chi connectivity index (χ0) is 21.1. The van der Waals surface area contributed by atoms with Gasteiger partial charge < -0.3 is 4.52 Å². The molecule has 5 nitrogen and oxygen atoms in total. The van der Waals surface area contributed by atoms with Gasteiger partial charge in [0.2, 0.25) is 5.82 Å². The lowest BCUT2D eigenvalue weighted by Gasteiger charge is -2.25. The van der Waals surface area contributed by atoms with Crippen LogP contribution in [0.1, 0.15) is 51.6 Å². The second kappa shape index (κ2) is 8.82. The van der Waals surface area contributed by atoms with E-state index in [4.69, 9.17) is 9.62 Å². The third-order valence-electron chi connectivity index (χ3n) is 5.99. The molecule has 0 aliphatic heterocycles. The van der Waals surface area contributed by atoms with Crippen LogP contribution in [0.25, 0.3) is 17.2 Å². The lowest BCUT2D eigenvalue weighted by Crippen LogP contribution is -2.14. The Hall–Kier alpha value is -2.95. The maximum Gasteiger partial charge on any atom is 0.278 e. The SMILES string of the molecule is C=CCC1C(C)=CC(c2noc(-c3cc(CC4=CCCC=C4)n(CC)n3)n2)=CC1C. The predicted octanol–water partition coefficient (Wildman–Crippen LogP) is 5.94. The van der Waals surface area contributed by atoms with Crippen LogP contribution in [0, 0.1) is 11.8 Å². The molecule has 156 valence electrons. The largest absolute Gasteiger partial charge is 0.332 e. The zero-order valence-electron chi connectivity index (χ0n) is 18.1. The van der Waals surface area contributed by atoms with Crippen LogP contribution in [0.2, 0.25) is 0 Å². The van der Waals surface area contributed by atoms with Gasteiger partial charge in [-0.1, -0.05) is 54.1 Å². The fourth-order valence-corrected chi connectivity index (χ4v) is 4.36. The third kappa shape index (κ3) is 4.16. The Kier molecular flexibility index (Phi) is 5.98. The summed E-state index contributed by atoms with van der Waals surface area (Å²) in [6, 6.07) is 2.07. The molecule has 4 rings (SSSR count). The summed E-state index contributed by atoms with van der Waals surface area (Å²) in [6.45, 7) is 11.2. The Labute approximate surface area is 178 Å². The van der Waals surface area contributed by atoms with Gasteiger partial charge in [0.05, 0.1) is 0 Å². The topological polar surface area (TPSA) is 56.7 Å². The number of allylic oxidation sites excluding steroid dienone is 9. The van der Waals surface area contributed by atoms with E-state index in [2.05, 4.69) is 73.9 Å². The highest BCUT2D eigenvalue weighted by atomic mass is 16.5. The van der Waals surface area contributed by atoms with Gasteiger partial charge in [0.15, 0.2) is 5.69 Å². The van der Waals surface area contributed by atoms with Crippen LogP contribution in [0.4, 0.5) is 0 Å². The summed E-state index contributed by atoms with van der Waals surface area (Å²) in [5, 5.41) is 8.96. The highest BCUT2D eigenvalue weighted by molar-refractivity contribution is 5.72. The van der Waals surface area contributed by atoms with Gasteiger partial charge in [0.25, 0.3) is 5.89 Å². The van der Waals surface area contributed by atoms with E-state index in [1.807, 2.05) is 10.8 Å². The first kappa shape index (κ1) is 20.3. The van der Waals surface area contributed by atoms with Crippen molar-refractivity contribution < 1.29 is 4.52 Å². The summed E-state index contributed by atoms with van der Waals surface area (Å²) in [7, 11) is 0. The van der Waals surface area contributed by atoms with Gasteiger partial charge in [-0.3, -0.25) is 4.68 Å². The number of aryl methyl sites for hydroxylation is 1. The average molecular weight is 403 g/mol. The van der Waals surface area contributed by atoms with Crippen molar-refractivity contribution in [3.8, 4) is 11.6 Å². The molecule has 2 aromatic heterocycles. The summed E-state index contributed by atoms with van der Waals surface area (Å²) in [4.78, 5) is 4.66. The predicted molar refractivity (Wildman–Crippen MR) is 121 cm³/mol. The molecule has 2 unspecified atom stereocenters. The van der Waals surface area contributed by atoms with Crippen LogP contribution < -0.4 is 0 Å². The average Bonchev–Trinajstić information content (AvgIpc) is 3.38. The van der Waals surface area contributed by atoms with Crippen molar-refractivity contribution in [2.45, 2.75) is 53.0 Å². The quantitative estimate of drug-likeness (QED) is 0.538. The number of nitrogens with zero attached hydrogens (tertiary/aromatic N) is 4. The van der Waals surface area contributed by atoms with Crippen molar-refractivity contribution >= 4 is 5.57 Å². The van der Waals surface area contributed by atoms with Crippen molar-refractivity contribution in [3.63, 3.8) is 0 Å². The van der Waals surface area contributed by atoms with Crippen LogP contribution in [0.3, 0.4) is 0 Å². The molecule has 0 fully saturated rings. The van der Waals surface area contributed by atoms with E-state index in [-0.39, 0.29) is 0 Å². The normalized spacial score (nSPS) is 21.2. The summed E-state index contributed by atoms with van der Waals surface area (Å²) >= 11 is 0. The maximum absolute atomic E-state index is 5.60. The minimum Gasteiger partial charge on any atom is -0.332 e. The number of rotatable bonds is 7. The van der Waals surface area contributed by atoms with Crippen LogP contribution in [-0.2, 0) is 13.0 Å². The first-order chi connectivity index (χ1) is 14.6. The molecule has 0 saturated heterocycles. The molecule has 2 aromatic rings. The number of aromatic nitrogens is 4. The Morgan fingerprint density at radius 2 is 2.20 bits per heavy atom. The van der Waals surface area contributed by atoms with E-state index in [0.717, 1.165) is 43.5 Å². The van der Waals surface area contributed by atoms with Crippen LogP contribution >= 0.6 is 0 Å². The van der Waals surface area contributed by atoms with Gasteiger partial charge in [-0.25, -0.2) is 0 Å². The molecule has 5 heteroatoms. The molecular weight excluding hydrogens is 372 g/mol. The Bertz CT molecular complexity index is 1050. The Balaban J connectivity index is 1.57. The molecule has 0 spiro atoms. The molecule has 2 aliphatic rings.